The van der Waals surface area contributed by atoms with Crippen molar-refractivity contribution in [1.29, 1.82) is 0 Å². The molecule has 22 heavy (non-hydrogen) atoms. The number of hydrazine groups is 1. The number of esters is 1. The van der Waals surface area contributed by atoms with Crippen molar-refractivity contribution in [2.24, 2.45) is 0 Å². The Kier molecular flexibility index (Phi) is 5.74. The van der Waals surface area contributed by atoms with Crippen LogP contribution in [0.2, 0.25) is 5.02 Å². The Balaban J connectivity index is 1.72. The molecule has 1 aliphatic heterocycles. The molecular formula is C14H16ClN3O4. The summed E-state index contributed by atoms with van der Waals surface area (Å²) in [4.78, 5) is 34.9. The highest BCUT2D eigenvalue weighted by Gasteiger charge is 2.24. The number of nitrogens with one attached hydrogen (secondary N) is 3. The lowest BCUT2D eigenvalue weighted by molar-refractivity contribution is -0.150. The highest BCUT2D eigenvalue weighted by molar-refractivity contribution is 6.33. The maximum Gasteiger partial charge on any atom is 0.323 e. The monoisotopic (exact) mass is 325 g/mol. The molecule has 1 fully saturated rings. The van der Waals surface area contributed by atoms with Gasteiger partial charge in [0.1, 0.15) is 6.04 Å². The van der Waals surface area contributed by atoms with Crippen molar-refractivity contribution in [2.45, 2.75) is 18.9 Å². The molecule has 1 unspecified atom stereocenters. The first-order valence-corrected chi connectivity index (χ1v) is 7.19. The van der Waals surface area contributed by atoms with E-state index in [4.69, 9.17) is 16.3 Å². The molecule has 2 amide bonds. The summed E-state index contributed by atoms with van der Waals surface area (Å²) in [6.07, 6.45) is 1.60. The van der Waals surface area contributed by atoms with Crippen LogP contribution in [0.5, 0.6) is 0 Å². The Morgan fingerprint density at radius 1 is 1.27 bits per heavy atom. The van der Waals surface area contributed by atoms with E-state index < -0.39 is 24.4 Å². The van der Waals surface area contributed by atoms with Crippen LogP contribution in [-0.4, -0.2) is 37.0 Å². The van der Waals surface area contributed by atoms with Crippen LogP contribution < -0.4 is 16.2 Å². The first-order valence-electron chi connectivity index (χ1n) is 6.81. The van der Waals surface area contributed by atoms with Gasteiger partial charge in [0, 0.05) is 0 Å². The van der Waals surface area contributed by atoms with Gasteiger partial charge in [0.25, 0.3) is 11.8 Å². The SMILES string of the molecule is O=C(COC(=O)C1CCCN1)NNC(=O)c1ccccc1Cl. The van der Waals surface area contributed by atoms with Gasteiger partial charge in [-0.25, -0.2) is 0 Å². The molecule has 7 nitrogen and oxygen atoms in total. The molecule has 8 heteroatoms. The smallest absolute Gasteiger partial charge is 0.323 e. The zero-order chi connectivity index (χ0) is 15.9. The second kappa shape index (κ2) is 7.77. The van der Waals surface area contributed by atoms with Crippen molar-refractivity contribution in [3.8, 4) is 0 Å². The molecule has 0 radical (unpaired) electrons. The van der Waals surface area contributed by atoms with Crippen LogP contribution in [0, 0.1) is 0 Å². The van der Waals surface area contributed by atoms with Crippen LogP contribution in [0.4, 0.5) is 0 Å². The first kappa shape index (κ1) is 16.3. The van der Waals surface area contributed by atoms with Crippen molar-refractivity contribution in [1.82, 2.24) is 16.2 Å². The topological polar surface area (TPSA) is 96.5 Å². The number of carbonyl (C=O) groups is 3. The van der Waals surface area contributed by atoms with Gasteiger partial charge in [0.15, 0.2) is 6.61 Å². The minimum atomic E-state index is -0.633. The van der Waals surface area contributed by atoms with E-state index in [9.17, 15) is 14.4 Å². The maximum atomic E-state index is 11.8. The van der Waals surface area contributed by atoms with Crippen molar-refractivity contribution in [3.05, 3.63) is 34.9 Å². The van der Waals surface area contributed by atoms with E-state index in [1.54, 1.807) is 18.2 Å². The molecule has 1 aliphatic rings. The van der Waals surface area contributed by atoms with Gasteiger partial charge in [-0.15, -0.1) is 0 Å². The van der Waals surface area contributed by atoms with Gasteiger partial charge in [0.05, 0.1) is 10.6 Å². The van der Waals surface area contributed by atoms with E-state index in [1.807, 2.05) is 0 Å². The van der Waals surface area contributed by atoms with E-state index in [-0.39, 0.29) is 16.6 Å². The van der Waals surface area contributed by atoms with Crippen molar-refractivity contribution in [2.75, 3.05) is 13.2 Å². The molecule has 0 saturated carbocycles. The summed E-state index contributed by atoms with van der Waals surface area (Å²) >= 11 is 5.86. The lowest BCUT2D eigenvalue weighted by Crippen LogP contribution is -2.44. The van der Waals surface area contributed by atoms with Gasteiger partial charge in [-0.1, -0.05) is 23.7 Å². The molecule has 118 valence electrons. The molecule has 0 aliphatic carbocycles. The quantitative estimate of drug-likeness (QED) is 0.550. The van der Waals surface area contributed by atoms with Crippen LogP contribution in [0.1, 0.15) is 23.2 Å². The number of benzene rings is 1. The summed E-state index contributed by atoms with van der Waals surface area (Å²) in [5, 5.41) is 3.24. The Morgan fingerprint density at radius 2 is 2.05 bits per heavy atom. The third-order valence-corrected chi connectivity index (χ3v) is 3.45. The molecular weight excluding hydrogens is 310 g/mol. The van der Waals surface area contributed by atoms with Crippen molar-refractivity contribution >= 4 is 29.4 Å². The Labute approximate surface area is 132 Å². The Bertz CT molecular complexity index is 573. The average Bonchev–Trinajstić information content (AvgIpc) is 3.05. The molecule has 1 heterocycles. The number of rotatable bonds is 4. The fourth-order valence-corrected chi connectivity index (χ4v) is 2.22. The summed E-state index contributed by atoms with van der Waals surface area (Å²) in [6.45, 7) is 0.305. The molecule has 1 atom stereocenters. The number of amides is 2. The molecule has 3 N–H and O–H groups in total. The minimum absolute atomic E-state index is 0.233. The normalized spacial score (nSPS) is 16.9. The molecule has 1 aromatic rings. The van der Waals surface area contributed by atoms with Gasteiger partial charge in [-0.05, 0) is 31.5 Å². The zero-order valence-electron chi connectivity index (χ0n) is 11.7. The lowest BCUT2D eigenvalue weighted by Gasteiger charge is -2.11. The summed E-state index contributed by atoms with van der Waals surface area (Å²) in [5.41, 5.74) is 4.60. The Hall–Kier alpha value is -2.12. The largest absolute Gasteiger partial charge is 0.454 e. The molecule has 2 rings (SSSR count). The van der Waals surface area contributed by atoms with Gasteiger partial charge in [-0.3, -0.25) is 25.2 Å². The predicted molar refractivity (Wildman–Crippen MR) is 79.0 cm³/mol. The summed E-state index contributed by atoms with van der Waals surface area (Å²) in [6, 6.07) is 6.07. The Morgan fingerprint density at radius 3 is 2.73 bits per heavy atom. The van der Waals surface area contributed by atoms with E-state index >= 15 is 0 Å². The van der Waals surface area contributed by atoms with Crippen LogP contribution in [-0.2, 0) is 14.3 Å². The van der Waals surface area contributed by atoms with Gasteiger partial charge in [-0.2, -0.15) is 0 Å². The van der Waals surface area contributed by atoms with Crippen LogP contribution in [0.25, 0.3) is 0 Å². The highest BCUT2D eigenvalue weighted by Crippen LogP contribution is 2.14. The maximum absolute atomic E-state index is 11.8. The van der Waals surface area contributed by atoms with Crippen LogP contribution in [0.15, 0.2) is 24.3 Å². The van der Waals surface area contributed by atoms with E-state index in [0.29, 0.717) is 6.42 Å². The average molecular weight is 326 g/mol. The van der Waals surface area contributed by atoms with Crippen LogP contribution in [0.3, 0.4) is 0 Å². The standard InChI is InChI=1S/C14H16ClN3O4/c15-10-5-2-1-4-9(10)13(20)18-17-12(19)8-22-14(21)11-6-3-7-16-11/h1-2,4-5,11,16H,3,6-8H2,(H,17,19)(H,18,20). The molecule has 1 aromatic carbocycles. The van der Waals surface area contributed by atoms with Gasteiger partial charge < -0.3 is 10.1 Å². The summed E-state index contributed by atoms with van der Waals surface area (Å²) < 4.78 is 4.86. The van der Waals surface area contributed by atoms with E-state index in [1.165, 1.54) is 6.07 Å². The number of hydrogen-bond acceptors (Lipinski definition) is 5. The fraction of sp³-hybridized carbons (Fsp3) is 0.357. The molecule has 1 saturated heterocycles. The second-order valence-electron chi connectivity index (χ2n) is 4.74. The second-order valence-corrected chi connectivity index (χ2v) is 5.15. The minimum Gasteiger partial charge on any atom is -0.454 e. The predicted octanol–water partition coefficient (Wildman–Crippen LogP) is 0.396. The summed E-state index contributed by atoms with van der Waals surface area (Å²) in [7, 11) is 0. The third-order valence-electron chi connectivity index (χ3n) is 3.12. The lowest BCUT2D eigenvalue weighted by atomic mass is 10.2. The fourth-order valence-electron chi connectivity index (χ4n) is 2.00. The van der Waals surface area contributed by atoms with Gasteiger partial charge >= 0.3 is 5.97 Å². The van der Waals surface area contributed by atoms with Gasteiger partial charge in [0.2, 0.25) is 0 Å². The highest BCUT2D eigenvalue weighted by atomic mass is 35.5. The number of ether oxygens (including phenoxy) is 1. The number of hydrogen-bond donors (Lipinski definition) is 3. The van der Waals surface area contributed by atoms with Crippen molar-refractivity contribution < 1.29 is 19.1 Å². The molecule has 0 aromatic heterocycles. The zero-order valence-corrected chi connectivity index (χ0v) is 12.5. The third kappa shape index (κ3) is 4.44. The van der Waals surface area contributed by atoms with E-state index in [0.717, 1.165) is 13.0 Å². The van der Waals surface area contributed by atoms with E-state index in [2.05, 4.69) is 16.2 Å². The molecule has 0 spiro atoms. The summed E-state index contributed by atoms with van der Waals surface area (Å²) in [5.74, 6) is -1.65. The van der Waals surface area contributed by atoms with Crippen molar-refractivity contribution in [3.63, 3.8) is 0 Å². The number of halogens is 1. The first-order chi connectivity index (χ1) is 10.6. The van der Waals surface area contributed by atoms with Crippen LogP contribution >= 0.6 is 11.6 Å². The molecule has 0 bridgehead atoms. The number of carbonyl (C=O) groups excluding carboxylic acids is 3.